The molecule has 100 valence electrons. The van der Waals surface area contributed by atoms with Gasteiger partial charge in [-0.2, -0.15) is 0 Å². The highest BCUT2D eigenvalue weighted by Gasteiger charge is 2.05. The fourth-order valence-electron chi connectivity index (χ4n) is 1.36. The smallest absolute Gasteiger partial charge is 0.404 e. The highest BCUT2D eigenvalue weighted by atomic mass is 16.4. The summed E-state index contributed by atoms with van der Waals surface area (Å²) < 4.78 is 0. The molecule has 0 rings (SSSR count). The molecule has 0 spiro atoms. The summed E-state index contributed by atoms with van der Waals surface area (Å²) in [6.45, 7) is 4.81. The normalized spacial score (nSPS) is 10.2. The molecular formula is C10H21N3O4. The summed E-state index contributed by atoms with van der Waals surface area (Å²) in [7, 11) is 0. The number of hydrogen-bond acceptors (Lipinski definition) is 3. The van der Waals surface area contributed by atoms with Gasteiger partial charge >= 0.3 is 12.2 Å². The third kappa shape index (κ3) is 10.8. The Balaban J connectivity index is 3.78. The average molecular weight is 247 g/mol. The molecule has 0 radical (unpaired) electrons. The van der Waals surface area contributed by atoms with Crippen molar-refractivity contribution in [1.29, 1.82) is 0 Å². The molecule has 0 fully saturated rings. The number of rotatable bonds is 9. The minimum absolute atomic E-state index is 0.353. The first-order valence-electron chi connectivity index (χ1n) is 5.72. The number of carboxylic acid groups (broad SMARTS) is 2. The SMILES string of the molecule is CCCCN(CCNC(=O)O)CCNC(=O)O. The van der Waals surface area contributed by atoms with Crippen LogP contribution in [-0.2, 0) is 0 Å². The van der Waals surface area contributed by atoms with Crippen molar-refractivity contribution in [3.8, 4) is 0 Å². The van der Waals surface area contributed by atoms with Crippen molar-refractivity contribution in [1.82, 2.24) is 15.5 Å². The van der Waals surface area contributed by atoms with Gasteiger partial charge in [0.15, 0.2) is 0 Å². The second-order valence-electron chi connectivity index (χ2n) is 3.66. The molecule has 7 nitrogen and oxygen atoms in total. The summed E-state index contributed by atoms with van der Waals surface area (Å²) in [6, 6.07) is 0. The van der Waals surface area contributed by atoms with E-state index in [1.807, 2.05) is 4.90 Å². The zero-order valence-electron chi connectivity index (χ0n) is 10.1. The molecule has 17 heavy (non-hydrogen) atoms. The first-order valence-corrected chi connectivity index (χ1v) is 5.72. The lowest BCUT2D eigenvalue weighted by Gasteiger charge is -2.21. The number of carbonyl (C=O) groups is 2. The third-order valence-electron chi connectivity index (χ3n) is 2.24. The molecule has 0 aromatic carbocycles. The van der Waals surface area contributed by atoms with Crippen LogP contribution in [-0.4, -0.2) is 60.0 Å². The maximum Gasteiger partial charge on any atom is 0.404 e. The van der Waals surface area contributed by atoms with E-state index in [0.29, 0.717) is 26.2 Å². The van der Waals surface area contributed by atoms with Gasteiger partial charge in [0.1, 0.15) is 0 Å². The molecule has 4 N–H and O–H groups in total. The van der Waals surface area contributed by atoms with Crippen LogP contribution >= 0.6 is 0 Å². The zero-order chi connectivity index (χ0) is 13.1. The number of amides is 2. The largest absolute Gasteiger partial charge is 0.465 e. The van der Waals surface area contributed by atoms with E-state index in [9.17, 15) is 9.59 Å². The Morgan fingerprint density at radius 3 is 1.82 bits per heavy atom. The van der Waals surface area contributed by atoms with E-state index in [-0.39, 0.29) is 0 Å². The van der Waals surface area contributed by atoms with Gasteiger partial charge in [-0.1, -0.05) is 13.3 Å². The van der Waals surface area contributed by atoms with Crippen LogP contribution in [0.3, 0.4) is 0 Å². The van der Waals surface area contributed by atoms with E-state index in [1.165, 1.54) is 0 Å². The van der Waals surface area contributed by atoms with Gasteiger partial charge in [0.25, 0.3) is 0 Å². The summed E-state index contributed by atoms with van der Waals surface area (Å²) in [6.07, 6.45) is -0.0109. The second-order valence-corrected chi connectivity index (χ2v) is 3.66. The van der Waals surface area contributed by atoms with Crippen molar-refractivity contribution >= 4 is 12.2 Å². The molecule has 0 aliphatic rings. The van der Waals surface area contributed by atoms with Crippen LogP contribution < -0.4 is 10.6 Å². The molecule has 0 unspecified atom stereocenters. The van der Waals surface area contributed by atoms with E-state index < -0.39 is 12.2 Å². The maximum atomic E-state index is 10.3. The summed E-state index contributed by atoms with van der Waals surface area (Å²) >= 11 is 0. The topological polar surface area (TPSA) is 102 Å². The number of nitrogens with one attached hydrogen (secondary N) is 2. The first-order chi connectivity index (χ1) is 8.06. The van der Waals surface area contributed by atoms with E-state index in [2.05, 4.69) is 17.6 Å². The maximum absolute atomic E-state index is 10.3. The molecule has 2 amide bonds. The standard InChI is InChI=1S/C10H21N3O4/c1-2-3-6-13(7-4-11-9(14)15)8-5-12-10(16)17/h11-12H,2-8H2,1H3,(H,14,15)(H,16,17). The number of unbranched alkanes of at least 4 members (excludes halogenated alkanes) is 1. The highest BCUT2D eigenvalue weighted by molar-refractivity contribution is 5.64. The molecular weight excluding hydrogens is 226 g/mol. The van der Waals surface area contributed by atoms with Gasteiger partial charge in [0, 0.05) is 26.2 Å². The van der Waals surface area contributed by atoms with Gasteiger partial charge in [-0.3, -0.25) is 4.90 Å². The lowest BCUT2D eigenvalue weighted by molar-refractivity contribution is 0.188. The molecule has 0 aliphatic heterocycles. The van der Waals surface area contributed by atoms with Crippen LogP contribution in [0.25, 0.3) is 0 Å². The Bertz CT molecular complexity index is 216. The van der Waals surface area contributed by atoms with Crippen molar-refractivity contribution in [2.75, 3.05) is 32.7 Å². The predicted octanol–water partition coefficient (Wildman–Crippen LogP) is 0.624. The molecule has 0 aromatic rings. The fraction of sp³-hybridized carbons (Fsp3) is 0.800. The van der Waals surface area contributed by atoms with Crippen molar-refractivity contribution in [2.24, 2.45) is 0 Å². The van der Waals surface area contributed by atoms with Crippen molar-refractivity contribution < 1.29 is 19.8 Å². The van der Waals surface area contributed by atoms with E-state index >= 15 is 0 Å². The second kappa shape index (κ2) is 9.71. The Labute approximate surface area is 101 Å². The molecule has 0 saturated carbocycles. The Morgan fingerprint density at radius 1 is 1.00 bits per heavy atom. The van der Waals surface area contributed by atoms with Crippen molar-refractivity contribution in [3.05, 3.63) is 0 Å². The lowest BCUT2D eigenvalue weighted by atomic mass is 10.3. The Hall–Kier alpha value is -1.50. The molecule has 0 aromatic heterocycles. The number of hydrogen-bond donors (Lipinski definition) is 4. The summed E-state index contributed by atoms with van der Waals surface area (Å²) in [5.74, 6) is 0. The van der Waals surface area contributed by atoms with E-state index in [0.717, 1.165) is 19.4 Å². The van der Waals surface area contributed by atoms with Crippen LogP contribution in [0.5, 0.6) is 0 Å². The van der Waals surface area contributed by atoms with Crippen LogP contribution in [0, 0.1) is 0 Å². The molecule has 0 saturated heterocycles. The molecule has 0 heterocycles. The van der Waals surface area contributed by atoms with Gasteiger partial charge in [-0.05, 0) is 13.0 Å². The van der Waals surface area contributed by atoms with Gasteiger partial charge in [-0.25, -0.2) is 9.59 Å². The summed E-state index contributed by atoms with van der Waals surface area (Å²) in [5.41, 5.74) is 0. The van der Waals surface area contributed by atoms with Crippen LogP contribution in [0.2, 0.25) is 0 Å². The minimum Gasteiger partial charge on any atom is -0.465 e. The first kappa shape index (κ1) is 15.5. The minimum atomic E-state index is -1.04. The summed E-state index contributed by atoms with van der Waals surface area (Å²) in [4.78, 5) is 22.6. The monoisotopic (exact) mass is 247 g/mol. The molecule has 0 bridgehead atoms. The van der Waals surface area contributed by atoms with E-state index in [1.54, 1.807) is 0 Å². The van der Waals surface area contributed by atoms with Crippen LogP contribution in [0.1, 0.15) is 19.8 Å². The van der Waals surface area contributed by atoms with Gasteiger partial charge in [-0.15, -0.1) is 0 Å². The Kier molecular flexibility index (Phi) is 8.85. The molecule has 7 heteroatoms. The number of nitrogens with zero attached hydrogens (tertiary/aromatic N) is 1. The zero-order valence-corrected chi connectivity index (χ0v) is 10.1. The van der Waals surface area contributed by atoms with Gasteiger partial charge in [0.2, 0.25) is 0 Å². The average Bonchev–Trinajstić information content (AvgIpc) is 2.24. The molecule has 0 aliphatic carbocycles. The predicted molar refractivity (Wildman–Crippen MR) is 63.4 cm³/mol. The van der Waals surface area contributed by atoms with Crippen LogP contribution in [0.4, 0.5) is 9.59 Å². The third-order valence-corrected chi connectivity index (χ3v) is 2.24. The molecule has 0 atom stereocenters. The fourth-order valence-corrected chi connectivity index (χ4v) is 1.36. The lowest BCUT2D eigenvalue weighted by Crippen LogP contribution is -2.39. The van der Waals surface area contributed by atoms with Gasteiger partial charge < -0.3 is 20.8 Å². The van der Waals surface area contributed by atoms with Gasteiger partial charge in [0.05, 0.1) is 0 Å². The Morgan fingerprint density at radius 2 is 1.47 bits per heavy atom. The van der Waals surface area contributed by atoms with Crippen LogP contribution in [0.15, 0.2) is 0 Å². The van der Waals surface area contributed by atoms with Crippen molar-refractivity contribution in [3.63, 3.8) is 0 Å². The highest BCUT2D eigenvalue weighted by Crippen LogP contribution is 1.93. The van der Waals surface area contributed by atoms with E-state index in [4.69, 9.17) is 10.2 Å². The quantitative estimate of drug-likeness (QED) is 0.478. The van der Waals surface area contributed by atoms with Crippen molar-refractivity contribution in [2.45, 2.75) is 19.8 Å². The summed E-state index contributed by atoms with van der Waals surface area (Å²) in [5, 5.41) is 21.4.